The maximum Gasteiger partial charge on any atom is 0.179 e. The second-order valence-corrected chi connectivity index (χ2v) is 8.33. The first-order valence-corrected chi connectivity index (χ1v) is 9.70. The van der Waals surface area contributed by atoms with Gasteiger partial charge >= 0.3 is 0 Å². The molecule has 1 aromatic rings. The molecule has 0 heterocycles. The van der Waals surface area contributed by atoms with Crippen molar-refractivity contribution in [1.29, 1.82) is 0 Å². The zero-order valence-electron chi connectivity index (χ0n) is 11.8. The first kappa shape index (κ1) is 16.0. The van der Waals surface area contributed by atoms with Gasteiger partial charge in [0.25, 0.3) is 0 Å². The molecular formula is C15H22BrNO2S. The van der Waals surface area contributed by atoms with Gasteiger partial charge in [-0.1, -0.05) is 25.5 Å². The lowest BCUT2D eigenvalue weighted by molar-refractivity contribution is 0.398. The smallest absolute Gasteiger partial charge is 0.179 e. The van der Waals surface area contributed by atoms with Gasteiger partial charge in [-0.2, -0.15) is 0 Å². The molecule has 2 rings (SSSR count). The Bertz CT molecular complexity index is 545. The van der Waals surface area contributed by atoms with Gasteiger partial charge in [0.1, 0.15) is 0 Å². The van der Waals surface area contributed by atoms with E-state index in [4.69, 9.17) is 0 Å². The molecule has 0 saturated heterocycles. The molecule has 20 heavy (non-hydrogen) atoms. The van der Waals surface area contributed by atoms with Crippen LogP contribution >= 0.6 is 15.9 Å². The second-order valence-electron chi connectivity index (χ2n) is 5.39. The summed E-state index contributed by atoms with van der Waals surface area (Å²) >= 11 is 3.33. The van der Waals surface area contributed by atoms with Crippen LogP contribution in [0.3, 0.4) is 0 Å². The fourth-order valence-electron chi connectivity index (χ4n) is 3.03. The highest BCUT2D eigenvalue weighted by Crippen LogP contribution is 2.30. The number of benzene rings is 1. The molecule has 0 aromatic heterocycles. The largest absolute Gasteiger partial charge is 0.314 e. The van der Waals surface area contributed by atoms with Crippen molar-refractivity contribution in [2.45, 2.75) is 43.5 Å². The first-order valence-electron chi connectivity index (χ1n) is 7.25. The van der Waals surface area contributed by atoms with Crippen molar-refractivity contribution in [3.8, 4) is 0 Å². The highest BCUT2D eigenvalue weighted by Gasteiger charge is 2.28. The van der Waals surface area contributed by atoms with E-state index in [2.05, 4.69) is 28.2 Å². The van der Waals surface area contributed by atoms with Crippen LogP contribution in [-0.4, -0.2) is 26.8 Å². The van der Waals surface area contributed by atoms with E-state index in [-0.39, 0.29) is 5.75 Å². The predicted molar refractivity (Wildman–Crippen MR) is 85.6 cm³/mol. The summed E-state index contributed by atoms with van der Waals surface area (Å²) in [6.45, 7) is 3.06. The summed E-state index contributed by atoms with van der Waals surface area (Å²) in [5, 5.41) is 3.48. The van der Waals surface area contributed by atoms with Crippen molar-refractivity contribution < 1.29 is 8.42 Å². The highest BCUT2D eigenvalue weighted by atomic mass is 79.9. The van der Waals surface area contributed by atoms with Gasteiger partial charge in [0.2, 0.25) is 0 Å². The predicted octanol–water partition coefficient (Wildman–Crippen LogP) is 3.39. The van der Waals surface area contributed by atoms with Crippen molar-refractivity contribution in [2.24, 2.45) is 5.92 Å². The third-order valence-electron chi connectivity index (χ3n) is 4.05. The van der Waals surface area contributed by atoms with E-state index in [9.17, 15) is 8.42 Å². The fraction of sp³-hybridized carbons (Fsp3) is 0.600. The summed E-state index contributed by atoms with van der Waals surface area (Å²) in [5.41, 5.74) is 0. The second kappa shape index (κ2) is 7.05. The topological polar surface area (TPSA) is 46.2 Å². The van der Waals surface area contributed by atoms with Crippen LogP contribution in [0.1, 0.15) is 32.6 Å². The average molecular weight is 360 g/mol. The normalized spacial score (nSPS) is 23.1. The molecule has 1 N–H and O–H groups in total. The minimum Gasteiger partial charge on any atom is -0.314 e. The van der Waals surface area contributed by atoms with Crippen molar-refractivity contribution >= 4 is 25.8 Å². The quantitative estimate of drug-likeness (QED) is 0.846. The molecule has 2 unspecified atom stereocenters. The molecule has 1 aliphatic rings. The number of rotatable bonds is 6. The van der Waals surface area contributed by atoms with Gasteiger partial charge in [0.15, 0.2) is 9.84 Å². The third kappa shape index (κ3) is 3.83. The Morgan fingerprint density at radius 1 is 1.30 bits per heavy atom. The Balaban J connectivity index is 2.01. The number of nitrogens with one attached hydrogen (secondary N) is 1. The number of hydrogen-bond acceptors (Lipinski definition) is 3. The average Bonchev–Trinajstić information content (AvgIpc) is 2.85. The van der Waals surface area contributed by atoms with Crippen LogP contribution in [0.5, 0.6) is 0 Å². The number of sulfone groups is 1. The molecule has 1 fully saturated rings. The van der Waals surface area contributed by atoms with E-state index >= 15 is 0 Å². The lowest BCUT2D eigenvalue weighted by Gasteiger charge is -2.20. The SMILES string of the molecule is CCNC1CCCC1CCS(=O)(=O)c1ccccc1Br. The molecule has 1 aromatic carbocycles. The first-order chi connectivity index (χ1) is 9.54. The van der Waals surface area contributed by atoms with Gasteiger partial charge in [-0.3, -0.25) is 0 Å². The summed E-state index contributed by atoms with van der Waals surface area (Å²) in [6, 6.07) is 7.56. The molecule has 3 nitrogen and oxygen atoms in total. The monoisotopic (exact) mass is 359 g/mol. The fourth-order valence-corrected chi connectivity index (χ4v) is 5.54. The standard InChI is InChI=1S/C15H22BrNO2S/c1-2-17-14-8-5-6-12(14)10-11-20(18,19)15-9-4-3-7-13(15)16/h3-4,7,9,12,14,17H,2,5-6,8,10-11H2,1H3. The van der Waals surface area contributed by atoms with Crippen LogP contribution in [-0.2, 0) is 9.84 Å². The molecular weight excluding hydrogens is 338 g/mol. The maximum absolute atomic E-state index is 12.4. The van der Waals surface area contributed by atoms with Crippen molar-refractivity contribution in [2.75, 3.05) is 12.3 Å². The van der Waals surface area contributed by atoms with Gasteiger partial charge in [0.05, 0.1) is 10.6 Å². The van der Waals surface area contributed by atoms with Crippen LogP contribution in [0.25, 0.3) is 0 Å². The highest BCUT2D eigenvalue weighted by molar-refractivity contribution is 9.10. The van der Waals surface area contributed by atoms with Crippen molar-refractivity contribution in [3.63, 3.8) is 0 Å². The van der Waals surface area contributed by atoms with Gasteiger partial charge in [-0.15, -0.1) is 0 Å². The van der Waals surface area contributed by atoms with E-state index in [1.165, 1.54) is 12.8 Å². The summed E-state index contributed by atoms with van der Waals surface area (Å²) in [5.74, 6) is 0.731. The molecule has 1 aliphatic carbocycles. The molecule has 0 aliphatic heterocycles. The third-order valence-corrected chi connectivity index (χ3v) is 6.81. The minimum atomic E-state index is -3.19. The van der Waals surface area contributed by atoms with E-state index < -0.39 is 9.84 Å². The molecule has 112 valence electrons. The summed E-state index contributed by atoms with van der Waals surface area (Å²) in [6.07, 6.45) is 4.27. The molecule has 0 amide bonds. The Morgan fingerprint density at radius 2 is 2.05 bits per heavy atom. The zero-order chi connectivity index (χ0) is 14.6. The lowest BCUT2D eigenvalue weighted by Crippen LogP contribution is -2.33. The Labute approximate surface area is 130 Å². The maximum atomic E-state index is 12.4. The molecule has 0 spiro atoms. The number of hydrogen-bond donors (Lipinski definition) is 1. The van der Waals surface area contributed by atoms with Crippen molar-refractivity contribution in [1.82, 2.24) is 5.32 Å². The van der Waals surface area contributed by atoms with Gasteiger partial charge in [-0.25, -0.2) is 8.42 Å². The Kier molecular flexibility index (Phi) is 5.64. The van der Waals surface area contributed by atoms with Crippen LogP contribution in [0, 0.1) is 5.92 Å². The summed E-state index contributed by atoms with van der Waals surface area (Å²) < 4.78 is 25.5. The summed E-state index contributed by atoms with van der Waals surface area (Å²) in [7, 11) is -3.19. The van der Waals surface area contributed by atoms with E-state index in [1.807, 2.05) is 6.07 Å². The Hall–Kier alpha value is -0.390. The Morgan fingerprint density at radius 3 is 2.75 bits per heavy atom. The number of halogens is 1. The summed E-state index contributed by atoms with van der Waals surface area (Å²) in [4.78, 5) is 0.415. The zero-order valence-corrected chi connectivity index (χ0v) is 14.2. The van der Waals surface area contributed by atoms with E-state index in [0.29, 0.717) is 21.3 Å². The van der Waals surface area contributed by atoms with Crippen LogP contribution in [0.2, 0.25) is 0 Å². The van der Waals surface area contributed by atoms with Gasteiger partial charge < -0.3 is 5.32 Å². The van der Waals surface area contributed by atoms with E-state index in [0.717, 1.165) is 19.4 Å². The molecule has 0 bridgehead atoms. The molecule has 0 radical (unpaired) electrons. The van der Waals surface area contributed by atoms with E-state index in [1.54, 1.807) is 18.2 Å². The lowest BCUT2D eigenvalue weighted by atomic mass is 10.0. The molecule has 1 saturated carbocycles. The molecule has 2 atom stereocenters. The van der Waals surface area contributed by atoms with Gasteiger partial charge in [0, 0.05) is 10.5 Å². The van der Waals surface area contributed by atoms with Crippen LogP contribution < -0.4 is 5.32 Å². The van der Waals surface area contributed by atoms with Crippen molar-refractivity contribution in [3.05, 3.63) is 28.7 Å². The molecule has 5 heteroatoms. The van der Waals surface area contributed by atoms with Crippen LogP contribution in [0.4, 0.5) is 0 Å². The van der Waals surface area contributed by atoms with Gasteiger partial charge in [-0.05, 0) is 59.8 Å². The van der Waals surface area contributed by atoms with Crippen LogP contribution in [0.15, 0.2) is 33.6 Å². The minimum absolute atomic E-state index is 0.238.